The van der Waals surface area contributed by atoms with E-state index in [0.29, 0.717) is 6.04 Å². The average molecular weight is 285 g/mol. The third kappa shape index (κ3) is 3.73. The molecular formula is C18H27N3. The molecule has 1 aromatic heterocycles. The lowest BCUT2D eigenvalue weighted by atomic mass is 9.95. The maximum atomic E-state index is 4.57. The van der Waals surface area contributed by atoms with Crippen LogP contribution in [0.2, 0.25) is 0 Å². The molecule has 1 atom stereocenters. The van der Waals surface area contributed by atoms with E-state index in [2.05, 4.69) is 61.5 Å². The minimum Gasteiger partial charge on any atom is -0.310 e. The molecule has 0 aliphatic carbocycles. The lowest BCUT2D eigenvalue weighted by Gasteiger charge is -2.21. The molecule has 3 heteroatoms. The number of hydrogen-bond donors (Lipinski definition) is 1. The standard InChI is InChI=1S/C18H27N3/c1-5-14-10-8-9-11-17(14)18(19-7-3)13-16-12-15(6-2)20-21(16)4/h8-12,18-19H,5-7,13H2,1-4H3. The van der Waals surface area contributed by atoms with Crippen molar-refractivity contribution >= 4 is 0 Å². The maximum absolute atomic E-state index is 4.57. The molecule has 114 valence electrons. The van der Waals surface area contributed by atoms with Gasteiger partial charge in [0, 0.05) is 25.2 Å². The van der Waals surface area contributed by atoms with Crippen LogP contribution in [-0.4, -0.2) is 16.3 Å². The minimum absolute atomic E-state index is 0.353. The normalized spacial score (nSPS) is 12.6. The van der Waals surface area contributed by atoms with Crippen LogP contribution in [0.5, 0.6) is 0 Å². The van der Waals surface area contributed by atoms with E-state index >= 15 is 0 Å². The summed E-state index contributed by atoms with van der Waals surface area (Å²) in [7, 11) is 2.04. The van der Waals surface area contributed by atoms with Crippen molar-refractivity contribution in [1.29, 1.82) is 0 Å². The molecule has 2 aromatic rings. The predicted molar refractivity (Wildman–Crippen MR) is 88.5 cm³/mol. The van der Waals surface area contributed by atoms with E-state index in [1.807, 2.05) is 11.7 Å². The van der Waals surface area contributed by atoms with Gasteiger partial charge in [0.05, 0.1) is 5.69 Å². The molecule has 0 fully saturated rings. The van der Waals surface area contributed by atoms with Gasteiger partial charge in [-0.2, -0.15) is 5.10 Å². The van der Waals surface area contributed by atoms with Crippen molar-refractivity contribution in [3.05, 3.63) is 52.8 Å². The number of aryl methyl sites for hydroxylation is 3. The van der Waals surface area contributed by atoms with Crippen LogP contribution >= 0.6 is 0 Å². The summed E-state index contributed by atoms with van der Waals surface area (Å²) < 4.78 is 2.03. The molecule has 0 radical (unpaired) electrons. The zero-order chi connectivity index (χ0) is 15.2. The molecular weight excluding hydrogens is 258 g/mol. The molecule has 3 nitrogen and oxygen atoms in total. The molecule has 21 heavy (non-hydrogen) atoms. The van der Waals surface area contributed by atoms with Crippen LogP contribution in [0, 0.1) is 0 Å². The first-order chi connectivity index (χ1) is 10.2. The fraction of sp³-hybridized carbons (Fsp3) is 0.500. The summed E-state index contributed by atoms with van der Waals surface area (Å²) in [5.41, 5.74) is 5.32. The number of rotatable bonds is 7. The Morgan fingerprint density at radius 2 is 1.90 bits per heavy atom. The number of nitrogens with zero attached hydrogens (tertiary/aromatic N) is 2. The zero-order valence-electron chi connectivity index (χ0n) is 13.7. The number of nitrogens with one attached hydrogen (secondary N) is 1. The molecule has 0 bridgehead atoms. The molecule has 0 spiro atoms. The molecule has 1 unspecified atom stereocenters. The van der Waals surface area contributed by atoms with Gasteiger partial charge in [-0.1, -0.05) is 45.0 Å². The van der Waals surface area contributed by atoms with Crippen LogP contribution in [0.4, 0.5) is 0 Å². The number of benzene rings is 1. The van der Waals surface area contributed by atoms with E-state index in [4.69, 9.17) is 0 Å². The Morgan fingerprint density at radius 1 is 1.14 bits per heavy atom. The molecule has 0 saturated heterocycles. The predicted octanol–water partition coefficient (Wildman–Crippen LogP) is 3.44. The van der Waals surface area contributed by atoms with Gasteiger partial charge in [-0.3, -0.25) is 4.68 Å². The summed E-state index contributed by atoms with van der Waals surface area (Å²) >= 11 is 0. The quantitative estimate of drug-likeness (QED) is 0.844. The first-order valence-corrected chi connectivity index (χ1v) is 8.02. The summed E-state index contributed by atoms with van der Waals surface area (Å²) in [6.07, 6.45) is 3.04. The largest absolute Gasteiger partial charge is 0.310 e. The van der Waals surface area contributed by atoms with Crippen molar-refractivity contribution in [2.75, 3.05) is 6.54 Å². The molecule has 1 N–H and O–H groups in total. The van der Waals surface area contributed by atoms with Crippen LogP contribution in [0.15, 0.2) is 30.3 Å². The fourth-order valence-corrected chi connectivity index (χ4v) is 2.88. The van der Waals surface area contributed by atoms with E-state index in [-0.39, 0.29) is 0 Å². The third-order valence-corrected chi connectivity index (χ3v) is 4.06. The van der Waals surface area contributed by atoms with E-state index in [0.717, 1.165) is 25.8 Å². The van der Waals surface area contributed by atoms with Crippen molar-refractivity contribution in [2.45, 2.75) is 46.1 Å². The highest BCUT2D eigenvalue weighted by atomic mass is 15.3. The van der Waals surface area contributed by atoms with Gasteiger partial charge in [0.25, 0.3) is 0 Å². The highest BCUT2D eigenvalue weighted by Gasteiger charge is 2.16. The summed E-state index contributed by atoms with van der Waals surface area (Å²) in [5.74, 6) is 0. The Kier molecular flexibility index (Phi) is 5.57. The molecule has 2 rings (SSSR count). The molecule has 1 aromatic carbocycles. The minimum atomic E-state index is 0.353. The Labute approximate surface area is 128 Å². The summed E-state index contributed by atoms with van der Waals surface area (Å²) in [6, 6.07) is 11.3. The monoisotopic (exact) mass is 285 g/mol. The van der Waals surface area contributed by atoms with E-state index in [9.17, 15) is 0 Å². The topological polar surface area (TPSA) is 29.9 Å². The number of likely N-dealkylation sites (N-methyl/N-ethyl adjacent to an activating group) is 1. The second-order valence-electron chi connectivity index (χ2n) is 5.47. The maximum Gasteiger partial charge on any atom is 0.0624 e. The Hall–Kier alpha value is -1.61. The van der Waals surface area contributed by atoms with Crippen molar-refractivity contribution in [2.24, 2.45) is 7.05 Å². The van der Waals surface area contributed by atoms with Gasteiger partial charge in [0.15, 0.2) is 0 Å². The van der Waals surface area contributed by atoms with Crippen molar-refractivity contribution < 1.29 is 0 Å². The third-order valence-electron chi connectivity index (χ3n) is 4.06. The van der Waals surface area contributed by atoms with E-state index in [1.54, 1.807) is 0 Å². The van der Waals surface area contributed by atoms with Crippen LogP contribution in [0.1, 0.15) is 49.3 Å². The molecule has 1 heterocycles. The number of aromatic nitrogens is 2. The molecule has 0 aliphatic heterocycles. The average Bonchev–Trinajstić information content (AvgIpc) is 2.87. The zero-order valence-corrected chi connectivity index (χ0v) is 13.7. The van der Waals surface area contributed by atoms with Gasteiger partial charge in [-0.25, -0.2) is 0 Å². The molecule has 0 aliphatic rings. The summed E-state index contributed by atoms with van der Waals surface area (Å²) in [6.45, 7) is 7.52. The van der Waals surface area contributed by atoms with Crippen LogP contribution in [-0.2, 0) is 26.3 Å². The summed E-state index contributed by atoms with van der Waals surface area (Å²) in [4.78, 5) is 0. The molecule has 0 amide bonds. The van der Waals surface area contributed by atoms with Gasteiger partial charge in [0.2, 0.25) is 0 Å². The Morgan fingerprint density at radius 3 is 2.52 bits per heavy atom. The first kappa shape index (κ1) is 15.8. The van der Waals surface area contributed by atoms with Gasteiger partial charge >= 0.3 is 0 Å². The Bertz CT molecular complexity index is 572. The summed E-state index contributed by atoms with van der Waals surface area (Å²) in [5, 5.41) is 8.20. The Balaban J connectivity index is 2.28. The van der Waals surface area contributed by atoms with E-state index < -0.39 is 0 Å². The van der Waals surface area contributed by atoms with Gasteiger partial charge in [-0.15, -0.1) is 0 Å². The van der Waals surface area contributed by atoms with Crippen molar-refractivity contribution in [3.63, 3.8) is 0 Å². The lowest BCUT2D eigenvalue weighted by Crippen LogP contribution is -2.25. The smallest absolute Gasteiger partial charge is 0.0624 e. The van der Waals surface area contributed by atoms with Crippen molar-refractivity contribution in [1.82, 2.24) is 15.1 Å². The van der Waals surface area contributed by atoms with Crippen LogP contribution in [0.3, 0.4) is 0 Å². The highest BCUT2D eigenvalue weighted by molar-refractivity contribution is 5.31. The van der Waals surface area contributed by atoms with Crippen LogP contribution in [0.25, 0.3) is 0 Å². The van der Waals surface area contributed by atoms with Gasteiger partial charge in [0.1, 0.15) is 0 Å². The highest BCUT2D eigenvalue weighted by Crippen LogP contribution is 2.23. The van der Waals surface area contributed by atoms with Crippen molar-refractivity contribution in [3.8, 4) is 0 Å². The number of hydrogen-bond acceptors (Lipinski definition) is 2. The fourth-order valence-electron chi connectivity index (χ4n) is 2.88. The van der Waals surface area contributed by atoms with E-state index in [1.165, 1.54) is 22.5 Å². The first-order valence-electron chi connectivity index (χ1n) is 8.02. The van der Waals surface area contributed by atoms with Gasteiger partial charge < -0.3 is 5.32 Å². The van der Waals surface area contributed by atoms with Crippen LogP contribution < -0.4 is 5.32 Å². The SMILES string of the molecule is CCNC(Cc1cc(CC)nn1C)c1ccccc1CC. The van der Waals surface area contributed by atoms with Gasteiger partial charge in [-0.05, 0) is 36.6 Å². The lowest BCUT2D eigenvalue weighted by molar-refractivity contribution is 0.525. The second-order valence-corrected chi connectivity index (χ2v) is 5.47. The second kappa shape index (κ2) is 7.41. The molecule has 0 saturated carbocycles.